The fraction of sp³-hybridized carbons (Fsp3) is 0.550. The summed E-state index contributed by atoms with van der Waals surface area (Å²) in [6.45, 7) is 0.561. The number of morpholine rings is 1. The molecule has 0 radical (unpaired) electrons. The van der Waals surface area contributed by atoms with Gasteiger partial charge in [-0.3, -0.25) is 0 Å². The van der Waals surface area contributed by atoms with E-state index in [-0.39, 0.29) is 25.6 Å². The lowest BCUT2D eigenvalue weighted by atomic mass is 10.00. The molecule has 15 heteroatoms. The van der Waals surface area contributed by atoms with Gasteiger partial charge < -0.3 is 36.0 Å². The maximum Gasteiger partial charge on any atom is 0.405 e. The van der Waals surface area contributed by atoms with Crippen LogP contribution in [0.4, 0.5) is 35.7 Å². The largest absolute Gasteiger partial charge is 0.405 e. The van der Waals surface area contributed by atoms with Gasteiger partial charge in [-0.2, -0.15) is 18.2 Å². The number of aliphatic hydroxyl groups is 1. The molecular formula is C20H26F3N9O3. The third-order valence-electron chi connectivity index (χ3n) is 5.75. The number of aromatic nitrogens is 4. The Morgan fingerprint density at radius 1 is 1.20 bits per heavy atom. The number of hydrogen-bond donors (Lipinski definition) is 4. The van der Waals surface area contributed by atoms with Gasteiger partial charge in [-0.1, -0.05) is 0 Å². The van der Waals surface area contributed by atoms with Crippen LogP contribution in [-0.4, -0.2) is 100 Å². The zero-order valence-electron chi connectivity index (χ0n) is 18.8. The smallest absolute Gasteiger partial charge is 0.394 e. The lowest BCUT2D eigenvalue weighted by Gasteiger charge is -2.31. The van der Waals surface area contributed by atoms with E-state index in [0.717, 1.165) is 0 Å². The summed E-state index contributed by atoms with van der Waals surface area (Å²) >= 11 is 0. The third kappa shape index (κ3) is 6.16. The second kappa shape index (κ2) is 10.0. The Kier molecular flexibility index (Phi) is 7.07. The minimum absolute atomic E-state index is 0.00953. The second-order valence-corrected chi connectivity index (χ2v) is 8.38. The molecular weight excluding hydrogens is 471 g/mol. The topological polar surface area (TPSA) is 155 Å². The summed E-state index contributed by atoms with van der Waals surface area (Å²) in [4.78, 5) is 32.6. The molecule has 35 heavy (non-hydrogen) atoms. The van der Waals surface area contributed by atoms with E-state index in [4.69, 9.17) is 10.5 Å². The molecule has 1 atom stereocenters. The summed E-state index contributed by atoms with van der Waals surface area (Å²) in [7, 11) is 0. The summed E-state index contributed by atoms with van der Waals surface area (Å²) in [6, 6.07) is 0.804. The van der Waals surface area contributed by atoms with Crippen LogP contribution in [0.3, 0.4) is 0 Å². The summed E-state index contributed by atoms with van der Waals surface area (Å²) in [5.74, 6) is 0.916. The fourth-order valence-corrected chi connectivity index (χ4v) is 3.90. The van der Waals surface area contributed by atoms with Gasteiger partial charge in [-0.15, -0.1) is 0 Å². The summed E-state index contributed by atoms with van der Waals surface area (Å²) in [5.41, 5.74) is 5.70. The molecule has 4 heterocycles. The minimum Gasteiger partial charge on any atom is -0.394 e. The summed E-state index contributed by atoms with van der Waals surface area (Å²) in [6.07, 6.45) is -1.15. The van der Waals surface area contributed by atoms with Gasteiger partial charge in [0, 0.05) is 50.2 Å². The van der Waals surface area contributed by atoms with E-state index >= 15 is 0 Å². The maximum atomic E-state index is 12.5. The maximum absolute atomic E-state index is 12.5. The second-order valence-electron chi connectivity index (χ2n) is 8.38. The van der Waals surface area contributed by atoms with E-state index in [0.29, 0.717) is 55.7 Å². The Morgan fingerprint density at radius 2 is 1.91 bits per heavy atom. The van der Waals surface area contributed by atoms with Gasteiger partial charge in [-0.05, 0) is 6.42 Å². The number of nitrogen functional groups attached to an aromatic ring is 1. The number of hydrogen-bond acceptors (Lipinski definition) is 10. The predicted octanol–water partition coefficient (Wildman–Crippen LogP) is 0.473. The number of likely N-dealkylation sites (tertiary alicyclic amines) is 1. The first-order valence-corrected chi connectivity index (χ1v) is 10.9. The molecule has 0 bridgehead atoms. The Hall–Kier alpha value is -3.46. The van der Waals surface area contributed by atoms with Crippen molar-refractivity contribution in [1.82, 2.24) is 30.2 Å². The number of urea groups is 1. The molecule has 0 saturated carbocycles. The Balaban J connectivity index is 1.57. The first-order chi connectivity index (χ1) is 16.7. The number of amides is 2. The van der Waals surface area contributed by atoms with Gasteiger partial charge in [0.05, 0.1) is 31.1 Å². The van der Waals surface area contributed by atoms with Crippen molar-refractivity contribution in [2.75, 3.05) is 68.5 Å². The van der Waals surface area contributed by atoms with Crippen LogP contribution in [0.2, 0.25) is 0 Å². The van der Waals surface area contributed by atoms with Crippen molar-refractivity contribution in [1.29, 1.82) is 0 Å². The van der Waals surface area contributed by atoms with Crippen LogP contribution >= 0.6 is 0 Å². The molecule has 4 rings (SSSR count). The van der Waals surface area contributed by atoms with Crippen LogP contribution in [0.15, 0.2) is 18.5 Å². The highest BCUT2D eigenvalue weighted by Crippen LogP contribution is 2.29. The van der Waals surface area contributed by atoms with E-state index in [2.05, 4.69) is 25.3 Å². The fourth-order valence-electron chi connectivity index (χ4n) is 3.90. The van der Waals surface area contributed by atoms with Crippen molar-refractivity contribution >= 4 is 23.7 Å². The number of nitrogens with one attached hydrogen (secondary N) is 2. The van der Waals surface area contributed by atoms with E-state index in [1.165, 1.54) is 17.3 Å². The first kappa shape index (κ1) is 24.7. The number of nitrogens with zero attached hydrogens (tertiary/aromatic N) is 6. The molecule has 190 valence electrons. The number of nitrogens with two attached hydrogens (primary N) is 1. The number of ether oxygens (including phenoxy) is 1. The molecule has 0 unspecified atom stereocenters. The van der Waals surface area contributed by atoms with Gasteiger partial charge in [-0.25, -0.2) is 19.7 Å². The molecule has 2 aliphatic rings. The molecule has 5 N–H and O–H groups in total. The molecule has 2 aliphatic heterocycles. The average Bonchev–Trinajstić information content (AvgIpc) is 3.27. The summed E-state index contributed by atoms with van der Waals surface area (Å²) in [5, 5.41) is 15.2. The van der Waals surface area contributed by atoms with Crippen molar-refractivity contribution in [2.45, 2.75) is 18.1 Å². The average molecular weight is 497 g/mol. The molecule has 2 aromatic heterocycles. The molecule has 0 aliphatic carbocycles. The van der Waals surface area contributed by atoms with Crippen LogP contribution < -0.4 is 21.3 Å². The van der Waals surface area contributed by atoms with E-state index < -0.39 is 24.3 Å². The van der Waals surface area contributed by atoms with Crippen LogP contribution in [0.5, 0.6) is 0 Å². The Labute approximate surface area is 198 Å². The molecule has 12 nitrogen and oxygen atoms in total. The molecule has 2 aromatic rings. The van der Waals surface area contributed by atoms with Gasteiger partial charge in [0.25, 0.3) is 0 Å². The number of carbonyl (C=O) groups excluding carboxylic acids is 1. The van der Waals surface area contributed by atoms with Crippen LogP contribution in [0.1, 0.15) is 6.42 Å². The zero-order valence-corrected chi connectivity index (χ0v) is 18.8. The van der Waals surface area contributed by atoms with Crippen molar-refractivity contribution in [2.24, 2.45) is 0 Å². The first-order valence-electron chi connectivity index (χ1n) is 10.9. The Bertz CT molecular complexity index is 1030. The number of halogens is 3. The van der Waals surface area contributed by atoms with Gasteiger partial charge >= 0.3 is 12.2 Å². The van der Waals surface area contributed by atoms with Crippen molar-refractivity contribution < 1.29 is 27.8 Å². The molecule has 2 amide bonds. The lowest BCUT2D eigenvalue weighted by molar-refractivity contribution is -0.123. The van der Waals surface area contributed by atoms with Gasteiger partial charge in [0.1, 0.15) is 12.4 Å². The van der Waals surface area contributed by atoms with Crippen LogP contribution in [-0.2, 0) is 4.74 Å². The highest BCUT2D eigenvalue weighted by Gasteiger charge is 2.41. The molecule has 2 saturated heterocycles. The normalized spacial score (nSPS) is 20.7. The van der Waals surface area contributed by atoms with Crippen LogP contribution in [0, 0.1) is 0 Å². The SMILES string of the molecule is Nc1ncc(-c2cc(N[C@@]3(CO)CCN(C(=O)NCC(F)(F)F)C3)nc(N3CCOCC3)n2)cn1. The lowest BCUT2D eigenvalue weighted by Crippen LogP contribution is -2.48. The van der Waals surface area contributed by atoms with Crippen molar-refractivity contribution in [3.05, 3.63) is 18.5 Å². The number of carbonyl (C=O) groups is 1. The quantitative estimate of drug-likeness (QED) is 0.443. The number of aliphatic hydroxyl groups excluding tert-OH is 1. The predicted molar refractivity (Wildman–Crippen MR) is 120 cm³/mol. The van der Waals surface area contributed by atoms with Gasteiger partial charge in [0.15, 0.2) is 0 Å². The van der Waals surface area contributed by atoms with Crippen molar-refractivity contribution in [3.63, 3.8) is 0 Å². The standard InChI is InChI=1S/C20H26F3N9O3/c21-20(22,23)10-27-18(34)32-2-1-19(11-32,12-33)30-15-7-14(13-8-25-16(24)26-9-13)28-17(29-15)31-3-5-35-6-4-31/h7-9,33H,1-6,10-12H2,(H,27,34)(H2,24,25,26)(H,28,29,30)/t19-/m0/s1. The number of anilines is 3. The molecule has 0 spiro atoms. The highest BCUT2D eigenvalue weighted by molar-refractivity contribution is 5.75. The van der Waals surface area contributed by atoms with E-state index in [1.54, 1.807) is 6.07 Å². The minimum atomic E-state index is -4.51. The van der Waals surface area contributed by atoms with Crippen molar-refractivity contribution in [3.8, 4) is 11.3 Å². The monoisotopic (exact) mass is 497 g/mol. The van der Waals surface area contributed by atoms with E-state index in [1.807, 2.05) is 10.2 Å². The molecule has 0 aromatic carbocycles. The summed E-state index contributed by atoms with van der Waals surface area (Å²) < 4.78 is 42.8. The van der Waals surface area contributed by atoms with E-state index in [9.17, 15) is 23.1 Å². The number of alkyl halides is 3. The number of rotatable bonds is 6. The zero-order chi connectivity index (χ0) is 25.1. The van der Waals surface area contributed by atoms with Gasteiger partial charge in [0.2, 0.25) is 11.9 Å². The Morgan fingerprint density at radius 3 is 2.57 bits per heavy atom. The molecule has 2 fully saturated rings. The highest BCUT2D eigenvalue weighted by atomic mass is 19.4. The van der Waals surface area contributed by atoms with Crippen LogP contribution in [0.25, 0.3) is 11.3 Å². The third-order valence-corrected chi connectivity index (χ3v) is 5.75.